The van der Waals surface area contributed by atoms with Crippen LogP contribution in [-0.4, -0.2) is 23.5 Å². The summed E-state index contributed by atoms with van der Waals surface area (Å²) in [6, 6.07) is 5.65. The second-order valence-corrected chi connectivity index (χ2v) is 3.97. The highest BCUT2D eigenvalue weighted by molar-refractivity contribution is 5.93. The number of carbonyl (C=O) groups excluding carboxylic acids is 2. The fourth-order valence-electron chi connectivity index (χ4n) is 1.80. The topological polar surface area (TPSA) is 78.4 Å². The first kappa shape index (κ1) is 11.6. The molecule has 90 valence electrons. The molecule has 2 rings (SSSR count). The fraction of sp³-hybridized carbons (Fsp3) is 0.333. The minimum absolute atomic E-state index is 0.0406. The molecule has 0 aromatic heterocycles. The largest absolute Gasteiger partial charge is 0.387 e. The highest BCUT2D eigenvalue weighted by atomic mass is 16.3. The van der Waals surface area contributed by atoms with Crippen molar-refractivity contribution in [1.29, 1.82) is 0 Å². The lowest BCUT2D eigenvalue weighted by Gasteiger charge is -2.17. The van der Waals surface area contributed by atoms with Crippen LogP contribution in [0.5, 0.6) is 0 Å². The Bertz CT molecular complexity index is 457. The van der Waals surface area contributed by atoms with Crippen LogP contribution < -0.4 is 10.6 Å². The van der Waals surface area contributed by atoms with Crippen LogP contribution in [0.15, 0.2) is 18.2 Å². The van der Waals surface area contributed by atoms with Gasteiger partial charge in [-0.1, -0.05) is 12.1 Å². The summed E-state index contributed by atoms with van der Waals surface area (Å²) in [4.78, 5) is 22.1. The molecule has 0 aliphatic carbocycles. The van der Waals surface area contributed by atoms with E-state index in [1.165, 1.54) is 0 Å². The van der Waals surface area contributed by atoms with E-state index in [0.717, 1.165) is 23.2 Å². The monoisotopic (exact) mass is 234 g/mol. The number of aliphatic hydroxyl groups is 1. The zero-order valence-corrected chi connectivity index (χ0v) is 9.32. The first-order valence-electron chi connectivity index (χ1n) is 5.48. The number of anilines is 1. The van der Waals surface area contributed by atoms with E-state index in [4.69, 9.17) is 5.11 Å². The summed E-state index contributed by atoms with van der Waals surface area (Å²) in [5, 5.41) is 14.0. The van der Waals surface area contributed by atoms with Crippen LogP contribution in [-0.2, 0) is 22.6 Å². The molecule has 0 saturated carbocycles. The number of aryl methyl sites for hydroxylation is 1. The summed E-state index contributed by atoms with van der Waals surface area (Å²) in [6.07, 6.45) is 1.22. The van der Waals surface area contributed by atoms with Gasteiger partial charge < -0.3 is 15.7 Å². The summed E-state index contributed by atoms with van der Waals surface area (Å²) in [5.41, 5.74) is 2.89. The number of benzene rings is 1. The molecule has 2 amide bonds. The quantitative estimate of drug-likeness (QED) is 0.698. The second-order valence-electron chi connectivity index (χ2n) is 3.97. The predicted octanol–water partition coefficient (Wildman–Crippen LogP) is 0.180. The fourth-order valence-corrected chi connectivity index (χ4v) is 1.80. The van der Waals surface area contributed by atoms with Gasteiger partial charge in [-0.05, 0) is 23.6 Å². The van der Waals surface area contributed by atoms with Crippen molar-refractivity contribution in [3.63, 3.8) is 0 Å². The second kappa shape index (κ2) is 4.97. The van der Waals surface area contributed by atoms with Gasteiger partial charge in [-0.2, -0.15) is 0 Å². The number of amides is 2. The molecule has 1 aromatic carbocycles. The van der Waals surface area contributed by atoms with Crippen LogP contribution in [0, 0.1) is 0 Å². The molecule has 5 heteroatoms. The van der Waals surface area contributed by atoms with Crippen molar-refractivity contribution >= 4 is 17.5 Å². The molecule has 0 radical (unpaired) electrons. The zero-order valence-electron chi connectivity index (χ0n) is 9.32. The molecule has 1 aliphatic rings. The highest BCUT2D eigenvalue weighted by Gasteiger charge is 2.14. The van der Waals surface area contributed by atoms with Gasteiger partial charge in [-0.25, -0.2) is 0 Å². The Morgan fingerprint density at radius 3 is 3.00 bits per heavy atom. The van der Waals surface area contributed by atoms with Crippen molar-refractivity contribution in [1.82, 2.24) is 5.32 Å². The number of nitrogens with one attached hydrogen (secondary N) is 2. The van der Waals surface area contributed by atoms with Gasteiger partial charge in [0.2, 0.25) is 11.8 Å². The maximum atomic E-state index is 11.2. The smallest absolute Gasteiger partial charge is 0.245 e. The van der Waals surface area contributed by atoms with Gasteiger partial charge in [0.15, 0.2) is 0 Å². The average Bonchev–Trinajstić information content (AvgIpc) is 2.35. The van der Waals surface area contributed by atoms with E-state index in [1.54, 1.807) is 0 Å². The molecule has 0 unspecified atom stereocenters. The van der Waals surface area contributed by atoms with Gasteiger partial charge in [-0.15, -0.1) is 0 Å². The molecule has 5 nitrogen and oxygen atoms in total. The predicted molar refractivity (Wildman–Crippen MR) is 62.3 cm³/mol. The third-order valence-electron chi connectivity index (χ3n) is 2.70. The Morgan fingerprint density at radius 2 is 2.24 bits per heavy atom. The third kappa shape index (κ3) is 2.82. The molecule has 17 heavy (non-hydrogen) atoms. The maximum absolute atomic E-state index is 11.2. The normalized spacial score (nSPS) is 13.8. The molecule has 0 fully saturated rings. The van der Waals surface area contributed by atoms with Crippen LogP contribution >= 0.6 is 0 Å². The van der Waals surface area contributed by atoms with E-state index >= 15 is 0 Å². The lowest BCUT2D eigenvalue weighted by atomic mass is 10.0. The SMILES string of the molecule is O=C(CO)NCc1ccc2c(c1)CCC(=O)N2. The summed E-state index contributed by atoms with van der Waals surface area (Å²) in [7, 11) is 0. The Labute approximate surface area is 98.8 Å². The Balaban J connectivity index is 2.06. The molecule has 0 atom stereocenters. The van der Waals surface area contributed by atoms with Crippen LogP contribution in [0.3, 0.4) is 0 Å². The number of hydrogen-bond donors (Lipinski definition) is 3. The third-order valence-corrected chi connectivity index (χ3v) is 2.70. The number of fused-ring (bicyclic) bond motifs is 1. The molecule has 0 bridgehead atoms. The summed E-state index contributed by atoms with van der Waals surface area (Å²) < 4.78 is 0. The molecule has 1 heterocycles. The molecular formula is C12H14N2O3. The van der Waals surface area contributed by atoms with E-state index in [0.29, 0.717) is 13.0 Å². The average molecular weight is 234 g/mol. The van der Waals surface area contributed by atoms with Crippen LogP contribution in [0.25, 0.3) is 0 Å². The zero-order chi connectivity index (χ0) is 12.3. The van der Waals surface area contributed by atoms with Crippen LogP contribution in [0.2, 0.25) is 0 Å². The van der Waals surface area contributed by atoms with E-state index in [1.807, 2.05) is 18.2 Å². The molecule has 1 aliphatic heterocycles. The molecule has 0 saturated heterocycles. The summed E-state index contributed by atoms with van der Waals surface area (Å²) >= 11 is 0. The standard InChI is InChI=1S/C12H14N2O3/c15-7-12(17)13-6-8-1-3-10-9(5-8)2-4-11(16)14-10/h1,3,5,15H,2,4,6-7H2,(H,13,17)(H,14,16). The lowest BCUT2D eigenvalue weighted by Crippen LogP contribution is -2.26. The Morgan fingerprint density at radius 1 is 1.41 bits per heavy atom. The number of rotatable bonds is 3. The molecule has 1 aromatic rings. The van der Waals surface area contributed by atoms with Gasteiger partial charge in [0.05, 0.1) is 0 Å². The number of hydrogen-bond acceptors (Lipinski definition) is 3. The first-order valence-corrected chi connectivity index (χ1v) is 5.48. The van der Waals surface area contributed by atoms with Crippen molar-refractivity contribution in [3.8, 4) is 0 Å². The van der Waals surface area contributed by atoms with Crippen molar-refractivity contribution < 1.29 is 14.7 Å². The minimum Gasteiger partial charge on any atom is -0.387 e. The Hall–Kier alpha value is -1.88. The van der Waals surface area contributed by atoms with Crippen molar-refractivity contribution in [2.45, 2.75) is 19.4 Å². The maximum Gasteiger partial charge on any atom is 0.245 e. The van der Waals surface area contributed by atoms with Gasteiger partial charge in [-0.3, -0.25) is 9.59 Å². The van der Waals surface area contributed by atoms with Gasteiger partial charge in [0.25, 0.3) is 0 Å². The van der Waals surface area contributed by atoms with Gasteiger partial charge in [0.1, 0.15) is 6.61 Å². The Kier molecular flexibility index (Phi) is 3.39. The number of aliphatic hydroxyl groups excluding tert-OH is 1. The molecule has 0 spiro atoms. The first-order chi connectivity index (χ1) is 8.19. The van der Waals surface area contributed by atoms with Crippen LogP contribution in [0.4, 0.5) is 5.69 Å². The van der Waals surface area contributed by atoms with E-state index in [-0.39, 0.29) is 5.91 Å². The van der Waals surface area contributed by atoms with Crippen molar-refractivity contribution in [2.24, 2.45) is 0 Å². The highest BCUT2D eigenvalue weighted by Crippen LogP contribution is 2.23. The van der Waals surface area contributed by atoms with Gasteiger partial charge in [0, 0.05) is 18.7 Å². The van der Waals surface area contributed by atoms with E-state index in [9.17, 15) is 9.59 Å². The van der Waals surface area contributed by atoms with E-state index in [2.05, 4.69) is 10.6 Å². The summed E-state index contributed by atoms with van der Waals surface area (Å²) in [5.74, 6) is -0.352. The molecule has 3 N–H and O–H groups in total. The summed E-state index contributed by atoms with van der Waals surface area (Å²) in [6.45, 7) is -0.110. The molecular weight excluding hydrogens is 220 g/mol. The van der Waals surface area contributed by atoms with Crippen LogP contribution in [0.1, 0.15) is 17.5 Å². The number of carbonyl (C=O) groups is 2. The van der Waals surface area contributed by atoms with Crippen molar-refractivity contribution in [2.75, 3.05) is 11.9 Å². The minimum atomic E-state index is -0.499. The van der Waals surface area contributed by atoms with E-state index < -0.39 is 12.5 Å². The van der Waals surface area contributed by atoms with Crippen molar-refractivity contribution in [3.05, 3.63) is 29.3 Å². The van der Waals surface area contributed by atoms with Gasteiger partial charge >= 0.3 is 0 Å². The lowest BCUT2D eigenvalue weighted by molar-refractivity contribution is -0.124.